The number of thioether (sulfide) groups is 1. The minimum absolute atomic E-state index is 0.319. The Kier molecular flexibility index (Phi) is 5.20. The molecule has 7 heteroatoms. The Morgan fingerprint density at radius 1 is 1.29 bits per heavy atom. The van der Waals surface area contributed by atoms with E-state index in [9.17, 15) is 4.79 Å². The van der Waals surface area contributed by atoms with Gasteiger partial charge in [0.1, 0.15) is 5.58 Å². The fourth-order valence-corrected chi connectivity index (χ4v) is 3.98. The number of aromatic nitrogens is 2. The molecular formula is C17H19N3O2S2. The van der Waals surface area contributed by atoms with Gasteiger partial charge in [-0.1, -0.05) is 49.1 Å². The molecule has 0 amide bonds. The molecule has 0 aliphatic carbocycles. The van der Waals surface area contributed by atoms with Crippen LogP contribution in [0.15, 0.2) is 37.8 Å². The number of hydrogen-bond donors (Lipinski definition) is 1. The van der Waals surface area contributed by atoms with Crippen molar-refractivity contribution in [3.05, 3.63) is 45.8 Å². The summed E-state index contributed by atoms with van der Waals surface area (Å²) in [5.41, 5.74) is 2.34. The van der Waals surface area contributed by atoms with Crippen molar-refractivity contribution in [2.24, 2.45) is 5.92 Å². The lowest BCUT2D eigenvalue weighted by atomic mass is 10.1. The molecule has 1 aromatic carbocycles. The van der Waals surface area contributed by atoms with Gasteiger partial charge in [-0.15, -0.1) is 10.2 Å². The summed E-state index contributed by atoms with van der Waals surface area (Å²) in [5, 5.41) is 13.4. The molecule has 1 N–H and O–H groups in total. The molecular weight excluding hydrogens is 342 g/mol. The van der Waals surface area contributed by atoms with Crippen LogP contribution in [0.4, 0.5) is 5.13 Å². The number of benzene rings is 1. The molecule has 0 unspecified atom stereocenters. The predicted octanol–water partition coefficient (Wildman–Crippen LogP) is 4.31. The maximum absolute atomic E-state index is 11.8. The number of nitrogens with one attached hydrogen (secondary N) is 1. The van der Waals surface area contributed by atoms with Crippen LogP contribution in [0.3, 0.4) is 0 Å². The first-order chi connectivity index (χ1) is 11.5. The molecule has 0 atom stereocenters. The number of fused-ring (bicyclic) bond motifs is 1. The van der Waals surface area contributed by atoms with E-state index >= 15 is 0 Å². The highest BCUT2D eigenvalue weighted by molar-refractivity contribution is 8.00. The minimum atomic E-state index is -0.319. The number of aryl methyl sites for hydroxylation is 1. The lowest BCUT2D eigenvalue weighted by Crippen LogP contribution is -2.07. The average Bonchev–Trinajstić information content (AvgIpc) is 2.98. The first-order valence-corrected chi connectivity index (χ1v) is 9.55. The Morgan fingerprint density at radius 3 is 2.92 bits per heavy atom. The summed E-state index contributed by atoms with van der Waals surface area (Å²) < 4.78 is 6.18. The molecule has 0 saturated carbocycles. The number of hydrogen-bond acceptors (Lipinski definition) is 7. The molecule has 3 aromatic rings. The van der Waals surface area contributed by atoms with Gasteiger partial charge in [-0.05, 0) is 30.0 Å². The highest BCUT2D eigenvalue weighted by atomic mass is 32.2. The zero-order chi connectivity index (χ0) is 17.1. The van der Waals surface area contributed by atoms with Crippen LogP contribution in [0.5, 0.6) is 0 Å². The van der Waals surface area contributed by atoms with E-state index in [-0.39, 0.29) is 5.63 Å². The van der Waals surface area contributed by atoms with Crippen molar-refractivity contribution in [1.82, 2.24) is 10.2 Å². The van der Waals surface area contributed by atoms with Gasteiger partial charge >= 0.3 is 5.63 Å². The second-order valence-electron chi connectivity index (χ2n) is 6.03. The molecule has 2 aromatic heterocycles. The van der Waals surface area contributed by atoms with Crippen molar-refractivity contribution in [1.29, 1.82) is 0 Å². The lowest BCUT2D eigenvalue weighted by Gasteiger charge is -2.05. The number of rotatable bonds is 6. The maximum atomic E-state index is 11.8. The third kappa shape index (κ3) is 4.15. The van der Waals surface area contributed by atoms with Crippen molar-refractivity contribution in [2.45, 2.75) is 30.9 Å². The quantitative estimate of drug-likeness (QED) is 0.521. The smallest absolute Gasteiger partial charge is 0.336 e. The van der Waals surface area contributed by atoms with E-state index in [4.69, 9.17) is 4.42 Å². The third-order valence-electron chi connectivity index (χ3n) is 3.40. The van der Waals surface area contributed by atoms with Gasteiger partial charge in [-0.25, -0.2) is 4.79 Å². The molecule has 126 valence electrons. The molecule has 0 saturated heterocycles. The van der Waals surface area contributed by atoms with E-state index in [0.717, 1.165) is 32.5 Å². The van der Waals surface area contributed by atoms with E-state index in [1.165, 1.54) is 11.3 Å². The van der Waals surface area contributed by atoms with Gasteiger partial charge in [0, 0.05) is 23.8 Å². The molecule has 0 radical (unpaired) electrons. The topological polar surface area (TPSA) is 68.0 Å². The van der Waals surface area contributed by atoms with Crippen LogP contribution in [0.1, 0.15) is 25.0 Å². The van der Waals surface area contributed by atoms with Gasteiger partial charge in [0.05, 0.1) is 0 Å². The zero-order valence-electron chi connectivity index (χ0n) is 13.8. The monoisotopic (exact) mass is 361 g/mol. The predicted molar refractivity (Wildman–Crippen MR) is 100 cm³/mol. The van der Waals surface area contributed by atoms with E-state index < -0.39 is 0 Å². The Bertz CT molecular complexity index is 902. The van der Waals surface area contributed by atoms with Crippen molar-refractivity contribution in [2.75, 3.05) is 11.9 Å². The first kappa shape index (κ1) is 17.0. The van der Waals surface area contributed by atoms with E-state index in [1.807, 2.05) is 25.1 Å². The van der Waals surface area contributed by atoms with Crippen LogP contribution >= 0.6 is 23.1 Å². The molecule has 5 nitrogen and oxygen atoms in total. The fourth-order valence-electron chi connectivity index (χ4n) is 2.23. The Morgan fingerprint density at radius 2 is 2.12 bits per heavy atom. The number of anilines is 1. The van der Waals surface area contributed by atoms with Gasteiger partial charge in [-0.2, -0.15) is 0 Å². The maximum Gasteiger partial charge on any atom is 0.336 e. The van der Waals surface area contributed by atoms with Crippen molar-refractivity contribution in [3.8, 4) is 0 Å². The van der Waals surface area contributed by atoms with Crippen molar-refractivity contribution >= 4 is 39.2 Å². The summed E-state index contributed by atoms with van der Waals surface area (Å²) in [4.78, 5) is 11.8. The molecule has 0 spiro atoms. The molecule has 3 rings (SSSR count). The average molecular weight is 361 g/mol. The summed E-state index contributed by atoms with van der Waals surface area (Å²) in [5.74, 6) is 1.22. The standard InChI is InChI=1S/C17H19N3O2S2/c1-10(2)8-18-16-19-20-17(24-16)23-9-12-7-15(21)22-14-6-11(3)4-5-13(12)14/h4-7,10H,8-9H2,1-3H3,(H,18,19). The molecule has 0 bridgehead atoms. The largest absolute Gasteiger partial charge is 0.423 e. The van der Waals surface area contributed by atoms with E-state index in [1.54, 1.807) is 17.8 Å². The lowest BCUT2D eigenvalue weighted by molar-refractivity contribution is 0.559. The van der Waals surface area contributed by atoms with E-state index in [0.29, 0.717) is 17.3 Å². The molecule has 0 aliphatic heterocycles. The molecule has 24 heavy (non-hydrogen) atoms. The zero-order valence-corrected chi connectivity index (χ0v) is 15.5. The summed E-state index contributed by atoms with van der Waals surface area (Å²) >= 11 is 3.11. The molecule has 2 heterocycles. The SMILES string of the molecule is Cc1ccc2c(CSc3nnc(NCC(C)C)s3)cc(=O)oc2c1. The van der Waals surface area contributed by atoms with Gasteiger partial charge in [0.15, 0.2) is 4.34 Å². The van der Waals surface area contributed by atoms with Gasteiger partial charge in [-0.3, -0.25) is 0 Å². The minimum Gasteiger partial charge on any atom is -0.423 e. The van der Waals surface area contributed by atoms with Crippen LogP contribution in [0.25, 0.3) is 11.0 Å². The van der Waals surface area contributed by atoms with Crippen molar-refractivity contribution < 1.29 is 4.42 Å². The van der Waals surface area contributed by atoms with Gasteiger partial charge in [0.25, 0.3) is 0 Å². The second kappa shape index (κ2) is 7.36. The molecule has 0 aliphatic rings. The highest BCUT2D eigenvalue weighted by Gasteiger charge is 2.09. The van der Waals surface area contributed by atoms with Gasteiger partial charge in [0.2, 0.25) is 5.13 Å². The fraction of sp³-hybridized carbons (Fsp3) is 0.353. The highest BCUT2D eigenvalue weighted by Crippen LogP contribution is 2.30. The summed E-state index contributed by atoms with van der Waals surface area (Å²) in [6.45, 7) is 7.16. The van der Waals surface area contributed by atoms with E-state index in [2.05, 4.69) is 29.4 Å². The third-order valence-corrected chi connectivity index (χ3v) is 5.47. The summed E-state index contributed by atoms with van der Waals surface area (Å²) in [6.07, 6.45) is 0. The van der Waals surface area contributed by atoms with Crippen LogP contribution < -0.4 is 10.9 Å². The summed E-state index contributed by atoms with van der Waals surface area (Å²) in [7, 11) is 0. The van der Waals surface area contributed by atoms with Crippen LogP contribution in [0, 0.1) is 12.8 Å². The first-order valence-electron chi connectivity index (χ1n) is 7.75. The Balaban J connectivity index is 1.75. The molecule has 0 fully saturated rings. The number of nitrogens with zero attached hydrogens (tertiary/aromatic N) is 2. The Labute approximate surface area is 148 Å². The summed E-state index contributed by atoms with van der Waals surface area (Å²) in [6, 6.07) is 7.47. The van der Waals surface area contributed by atoms with Gasteiger partial charge < -0.3 is 9.73 Å². The normalized spacial score (nSPS) is 11.3. The van der Waals surface area contributed by atoms with Crippen LogP contribution in [0.2, 0.25) is 0 Å². The van der Waals surface area contributed by atoms with Crippen molar-refractivity contribution in [3.63, 3.8) is 0 Å². The van der Waals surface area contributed by atoms with Crippen LogP contribution in [-0.2, 0) is 5.75 Å². The van der Waals surface area contributed by atoms with Crippen LogP contribution in [-0.4, -0.2) is 16.7 Å². The second-order valence-corrected chi connectivity index (χ2v) is 8.23. The Hall–Kier alpha value is -1.86.